The molecule has 0 bridgehead atoms. The van der Waals surface area contributed by atoms with Crippen LogP contribution in [0.4, 0.5) is 0 Å². The zero-order valence-corrected chi connectivity index (χ0v) is 20.9. The number of methoxy groups -OCH3 is 1. The lowest BCUT2D eigenvalue weighted by molar-refractivity contribution is -0.118. The van der Waals surface area contributed by atoms with Gasteiger partial charge in [-0.25, -0.2) is 5.43 Å². The zero-order valence-electron chi connectivity index (χ0n) is 17.0. The molecule has 1 amide bonds. The number of hydrogen-bond donors (Lipinski definition) is 1. The molecule has 32 heavy (non-hydrogen) atoms. The number of nitrogens with zero attached hydrogens (tertiary/aromatic N) is 1. The largest absolute Gasteiger partial charge is 0.493 e. The average molecular weight is 554 g/mol. The Hall–Kier alpha value is -2.19. The number of thioether (sulfide) groups is 1. The molecule has 5 nitrogen and oxygen atoms in total. The minimum absolute atomic E-state index is 0.216. The van der Waals surface area contributed by atoms with Crippen molar-refractivity contribution in [3.8, 4) is 11.5 Å². The second-order valence-electron chi connectivity index (χ2n) is 6.45. The fraction of sp³-hybridized carbons (Fsp3) is 0.130. The van der Waals surface area contributed by atoms with Crippen molar-refractivity contribution in [3.63, 3.8) is 0 Å². The van der Waals surface area contributed by atoms with Gasteiger partial charge in [-0.15, -0.1) is 11.8 Å². The van der Waals surface area contributed by atoms with E-state index in [4.69, 9.17) is 32.7 Å². The van der Waals surface area contributed by atoms with E-state index in [9.17, 15) is 4.79 Å². The summed E-state index contributed by atoms with van der Waals surface area (Å²) in [5, 5.41) is 5.32. The molecule has 1 N–H and O–H groups in total. The number of nitrogens with one attached hydrogen (secondary N) is 1. The maximum Gasteiger partial charge on any atom is 0.250 e. The Labute approximate surface area is 209 Å². The number of rotatable bonds is 9. The molecule has 3 rings (SSSR count). The van der Waals surface area contributed by atoms with Crippen molar-refractivity contribution in [2.75, 3.05) is 12.9 Å². The summed E-state index contributed by atoms with van der Waals surface area (Å²) in [5.41, 5.74) is 4.11. The van der Waals surface area contributed by atoms with Gasteiger partial charge in [0.05, 0.1) is 23.5 Å². The van der Waals surface area contributed by atoms with Gasteiger partial charge in [-0.3, -0.25) is 4.79 Å². The number of carbonyl (C=O) groups is 1. The standard InChI is InChI=1S/C23H19BrCl2N2O3S/c1-30-21-11-15(10-19(24)23(21)31-13-16-4-2-3-5-20(16)26)12-27-28-22(29)14-32-18-8-6-17(25)7-9-18/h2-12H,13-14H2,1H3,(H,28,29)/b27-12-. The van der Waals surface area contributed by atoms with Crippen LogP contribution in [-0.2, 0) is 11.4 Å². The third kappa shape index (κ3) is 7.17. The number of amides is 1. The van der Waals surface area contributed by atoms with E-state index in [1.807, 2.05) is 42.5 Å². The molecule has 166 valence electrons. The molecule has 0 unspecified atom stereocenters. The van der Waals surface area contributed by atoms with Crippen LogP contribution in [0.2, 0.25) is 10.0 Å². The topological polar surface area (TPSA) is 59.9 Å². The van der Waals surface area contributed by atoms with Crippen LogP contribution in [0, 0.1) is 0 Å². The van der Waals surface area contributed by atoms with Gasteiger partial charge in [-0.05, 0) is 64.0 Å². The van der Waals surface area contributed by atoms with Crippen molar-refractivity contribution in [2.24, 2.45) is 5.10 Å². The fourth-order valence-corrected chi connectivity index (χ4v) is 4.19. The van der Waals surface area contributed by atoms with Gasteiger partial charge >= 0.3 is 0 Å². The summed E-state index contributed by atoms with van der Waals surface area (Å²) in [6.07, 6.45) is 1.54. The van der Waals surface area contributed by atoms with Crippen molar-refractivity contribution < 1.29 is 14.3 Å². The molecule has 0 radical (unpaired) electrons. The average Bonchev–Trinajstić information content (AvgIpc) is 2.78. The number of halogens is 3. The van der Waals surface area contributed by atoms with Crippen LogP contribution in [0.5, 0.6) is 11.5 Å². The highest BCUT2D eigenvalue weighted by Gasteiger charge is 2.12. The van der Waals surface area contributed by atoms with Gasteiger partial charge in [-0.1, -0.05) is 41.4 Å². The van der Waals surface area contributed by atoms with Crippen molar-refractivity contribution in [1.82, 2.24) is 5.43 Å². The van der Waals surface area contributed by atoms with Crippen molar-refractivity contribution >= 4 is 63.0 Å². The molecule has 0 aromatic heterocycles. The summed E-state index contributed by atoms with van der Waals surface area (Å²) in [4.78, 5) is 13.0. The highest BCUT2D eigenvalue weighted by molar-refractivity contribution is 9.10. The van der Waals surface area contributed by atoms with E-state index in [1.54, 1.807) is 25.3 Å². The molecule has 0 heterocycles. The molecular formula is C23H19BrCl2N2O3S. The third-order valence-electron chi connectivity index (χ3n) is 4.17. The molecule has 0 aliphatic carbocycles. The van der Waals surface area contributed by atoms with Crippen molar-refractivity contribution in [2.45, 2.75) is 11.5 Å². The molecule has 3 aromatic rings. The van der Waals surface area contributed by atoms with Crippen LogP contribution in [0.25, 0.3) is 0 Å². The highest BCUT2D eigenvalue weighted by atomic mass is 79.9. The number of hydrazone groups is 1. The highest BCUT2D eigenvalue weighted by Crippen LogP contribution is 2.37. The van der Waals surface area contributed by atoms with Crippen molar-refractivity contribution in [1.29, 1.82) is 0 Å². The number of ether oxygens (including phenoxy) is 2. The van der Waals surface area contributed by atoms with Crippen LogP contribution in [-0.4, -0.2) is 25.0 Å². The first-order valence-electron chi connectivity index (χ1n) is 9.40. The summed E-state index contributed by atoms with van der Waals surface area (Å²) >= 11 is 17.0. The Morgan fingerprint density at radius 3 is 2.62 bits per heavy atom. The smallest absolute Gasteiger partial charge is 0.250 e. The lowest BCUT2D eigenvalue weighted by Gasteiger charge is -2.14. The summed E-state index contributed by atoms with van der Waals surface area (Å²) in [6, 6.07) is 18.4. The molecule has 0 saturated heterocycles. The zero-order chi connectivity index (χ0) is 22.9. The number of benzene rings is 3. The minimum Gasteiger partial charge on any atom is -0.493 e. The summed E-state index contributed by atoms with van der Waals surface area (Å²) in [6.45, 7) is 0.295. The van der Waals surface area contributed by atoms with Crippen LogP contribution in [0.15, 0.2) is 75.1 Å². The van der Waals surface area contributed by atoms with E-state index in [0.717, 1.165) is 16.0 Å². The minimum atomic E-state index is -0.216. The number of carbonyl (C=O) groups excluding carboxylic acids is 1. The predicted molar refractivity (Wildman–Crippen MR) is 134 cm³/mol. The fourth-order valence-electron chi connectivity index (χ4n) is 2.61. The Bertz CT molecular complexity index is 1110. The van der Waals surface area contributed by atoms with Gasteiger partial charge in [0, 0.05) is 20.5 Å². The van der Waals surface area contributed by atoms with E-state index in [-0.39, 0.29) is 11.7 Å². The maximum absolute atomic E-state index is 12.0. The van der Waals surface area contributed by atoms with Crippen LogP contribution in [0.3, 0.4) is 0 Å². The molecule has 0 aliphatic rings. The van der Waals surface area contributed by atoms with Gasteiger partial charge in [0.25, 0.3) is 0 Å². The van der Waals surface area contributed by atoms with Gasteiger partial charge in [0.2, 0.25) is 5.91 Å². The summed E-state index contributed by atoms with van der Waals surface area (Å²) < 4.78 is 12.1. The first-order valence-corrected chi connectivity index (χ1v) is 11.9. The maximum atomic E-state index is 12.0. The Balaban J connectivity index is 1.58. The molecule has 9 heteroatoms. The normalized spacial score (nSPS) is 10.9. The summed E-state index contributed by atoms with van der Waals surface area (Å²) in [7, 11) is 1.56. The number of hydrogen-bond acceptors (Lipinski definition) is 5. The van der Waals surface area contributed by atoms with Gasteiger partial charge in [0.1, 0.15) is 6.61 Å². The van der Waals surface area contributed by atoms with Crippen molar-refractivity contribution in [3.05, 3.63) is 86.3 Å². The quantitative estimate of drug-likeness (QED) is 0.184. The molecule has 3 aromatic carbocycles. The van der Waals surface area contributed by atoms with E-state index < -0.39 is 0 Å². The van der Waals surface area contributed by atoms with E-state index >= 15 is 0 Å². The summed E-state index contributed by atoms with van der Waals surface area (Å²) in [5.74, 6) is 1.10. The molecule has 0 saturated carbocycles. The molecular weight excluding hydrogens is 535 g/mol. The van der Waals surface area contributed by atoms with Gasteiger partial charge < -0.3 is 9.47 Å². The van der Waals surface area contributed by atoms with Gasteiger partial charge in [-0.2, -0.15) is 5.10 Å². The monoisotopic (exact) mass is 552 g/mol. The van der Waals surface area contributed by atoms with Crippen LogP contribution >= 0.6 is 50.9 Å². The lowest BCUT2D eigenvalue weighted by atomic mass is 10.2. The predicted octanol–water partition coefficient (Wildman–Crippen LogP) is 6.59. The first kappa shape index (κ1) is 24.5. The molecule has 0 atom stereocenters. The molecule has 0 spiro atoms. The van der Waals surface area contributed by atoms with E-state index in [0.29, 0.717) is 32.6 Å². The second kappa shape index (κ2) is 12.2. The van der Waals surface area contributed by atoms with Crippen LogP contribution in [0.1, 0.15) is 11.1 Å². The SMILES string of the molecule is COc1cc(/C=N\NC(=O)CSc2ccc(Cl)cc2)cc(Br)c1OCc1ccccc1Cl. The lowest BCUT2D eigenvalue weighted by Crippen LogP contribution is -2.19. The Kier molecular flexibility index (Phi) is 9.29. The second-order valence-corrected chi connectivity index (χ2v) is 9.20. The first-order chi connectivity index (χ1) is 15.5. The Morgan fingerprint density at radius 1 is 1.16 bits per heavy atom. The third-order valence-corrected chi connectivity index (χ3v) is 6.39. The molecule has 0 aliphatic heterocycles. The van der Waals surface area contributed by atoms with E-state index in [1.165, 1.54) is 18.0 Å². The van der Waals surface area contributed by atoms with Crippen LogP contribution < -0.4 is 14.9 Å². The molecule has 0 fully saturated rings. The Morgan fingerprint density at radius 2 is 1.91 bits per heavy atom. The van der Waals surface area contributed by atoms with E-state index in [2.05, 4.69) is 26.5 Å². The van der Waals surface area contributed by atoms with Gasteiger partial charge in [0.15, 0.2) is 11.5 Å².